The highest BCUT2D eigenvalue weighted by atomic mass is 16.5. The average molecular weight is 242 g/mol. The molecule has 18 heavy (non-hydrogen) atoms. The Labute approximate surface area is 105 Å². The molecule has 0 saturated carbocycles. The molecule has 1 unspecified atom stereocenters. The van der Waals surface area contributed by atoms with E-state index in [4.69, 9.17) is 15.7 Å². The number of fused-ring (bicyclic) bond motifs is 1. The monoisotopic (exact) mass is 242 g/mol. The molecule has 2 heterocycles. The number of nitrogens with zero attached hydrogens (tertiary/aromatic N) is 3. The summed E-state index contributed by atoms with van der Waals surface area (Å²) in [6, 6.07) is 7.80. The fourth-order valence-corrected chi connectivity index (χ4v) is 2.49. The van der Waals surface area contributed by atoms with Crippen molar-refractivity contribution in [1.82, 2.24) is 9.55 Å². The molecule has 0 radical (unpaired) electrons. The molecule has 1 fully saturated rings. The molecule has 5 heteroatoms. The van der Waals surface area contributed by atoms with Crippen molar-refractivity contribution >= 4 is 17.0 Å². The number of imidazole rings is 1. The number of anilines is 1. The van der Waals surface area contributed by atoms with Crippen molar-refractivity contribution in [3.63, 3.8) is 0 Å². The number of nitriles is 1. The van der Waals surface area contributed by atoms with Crippen LogP contribution in [0, 0.1) is 11.3 Å². The van der Waals surface area contributed by atoms with Crippen LogP contribution in [0.2, 0.25) is 0 Å². The van der Waals surface area contributed by atoms with Gasteiger partial charge in [0.15, 0.2) is 0 Å². The maximum atomic E-state index is 8.97. The summed E-state index contributed by atoms with van der Waals surface area (Å²) in [5, 5.41) is 8.97. The van der Waals surface area contributed by atoms with Crippen LogP contribution in [0.15, 0.2) is 18.2 Å². The molecule has 2 aromatic rings. The Bertz CT molecular complexity index is 620. The summed E-state index contributed by atoms with van der Waals surface area (Å²) >= 11 is 0. The molecule has 1 saturated heterocycles. The number of nitrogens with two attached hydrogens (primary N) is 1. The summed E-state index contributed by atoms with van der Waals surface area (Å²) in [6.45, 7) is 1.47. The van der Waals surface area contributed by atoms with Gasteiger partial charge in [-0.25, -0.2) is 4.98 Å². The fourth-order valence-electron chi connectivity index (χ4n) is 2.49. The Hall–Kier alpha value is -2.06. The lowest BCUT2D eigenvalue weighted by molar-refractivity contribution is 0.0611. The van der Waals surface area contributed by atoms with E-state index in [1.165, 1.54) is 0 Å². The second-order valence-corrected chi connectivity index (χ2v) is 4.53. The van der Waals surface area contributed by atoms with Gasteiger partial charge in [-0.15, -0.1) is 0 Å². The van der Waals surface area contributed by atoms with Crippen LogP contribution in [0.5, 0.6) is 0 Å². The van der Waals surface area contributed by atoms with E-state index in [0.717, 1.165) is 30.5 Å². The standard InChI is InChI=1S/C13H14N4O/c14-7-9-3-4-11-12(6-9)17(13(15)16-11)10-2-1-5-18-8-10/h3-4,6,10H,1-2,5,8H2,(H2,15,16). The molecule has 92 valence electrons. The minimum absolute atomic E-state index is 0.220. The molecule has 0 amide bonds. The van der Waals surface area contributed by atoms with Gasteiger partial charge in [0.25, 0.3) is 0 Å². The van der Waals surface area contributed by atoms with Crippen molar-refractivity contribution < 1.29 is 4.74 Å². The minimum Gasteiger partial charge on any atom is -0.379 e. The first-order valence-corrected chi connectivity index (χ1v) is 6.05. The van der Waals surface area contributed by atoms with Crippen LogP contribution in [-0.4, -0.2) is 22.8 Å². The van der Waals surface area contributed by atoms with Gasteiger partial charge in [0.05, 0.1) is 35.3 Å². The number of hydrogen-bond donors (Lipinski definition) is 1. The molecule has 5 nitrogen and oxygen atoms in total. The predicted molar refractivity (Wildman–Crippen MR) is 68.0 cm³/mol. The van der Waals surface area contributed by atoms with Crippen molar-refractivity contribution in [3.8, 4) is 6.07 Å². The van der Waals surface area contributed by atoms with Crippen LogP contribution in [0.25, 0.3) is 11.0 Å². The topological polar surface area (TPSA) is 76.9 Å². The highest BCUT2D eigenvalue weighted by molar-refractivity contribution is 5.80. The molecular weight excluding hydrogens is 228 g/mol. The quantitative estimate of drug-likeness (QED) is 0.827. The Balaban J connectivity index is 2.14. The van der Waals surface area contributed by atoms with Gasteiger partial charge in [0, 0.05) is 6.61 Å². The van der Waals surface area contributed by atoms with Gasteiger partial charge >= 0.3 is 0 Å². The Morgan fingerprint density at radius 2 is 2.39 bits per heavy atom. The summed E-state index contributed by atoms with van der Waals surface area (Å²) in [5.41, 5.74) is 8.36. The van der Waals surface area contributed by atoms with E-state index in [2.05, 4.69) is 11.1 Å². The van der Waals surface area contributed by atoms with Gasteiger partial charge in [-0.05, 0) is 31.0 Å². The number of aromatic nitrogens is 2. The van der Waals surface area contributed by atoms with E-state index in [1.807, 2.05) is 16.7 Å². The van der Waals surface area contributed by atoms with Crippen molar-refractivity contribution in [3.05, 3.63) is 23.8 Å². The molecule has 3 rings (SSSR count). The maximum absolute atomic E-state index is 8.97. The average Bonchev–Trinajstić information content (AvgIpc) is 2.74. The van der Waals surface area contributed by atoms with Crippen LogP contribution >= 0.6 is 0 Å². The summed E-state index contributed by atoms with van der Waals surface area (Å²) in [7, 11) is 0. The molecule has 0 aliphatic carbocycles. The van der Waals surface area contributed by atoms with E-state index in [9.17, 15) is 0 Å². The normalized spacial score (nSPS) is 19.8. The lowest BCUT2D eigenvalue weighted by atomic mass is 10.1. The molecule has 1 atom stereocenters. The summed E-state index contributed by atoms with van der Waals surface area (Å²) < 4.78 is 7.49. The van der Waals surface area contributed by atoms with E-state index >= 15 is 0 Å². The zero-order chi connectivity index (χ0) is 12.5. The number of nitrogen functional groups attached to an aromatic ring is 1. The number of hydrogen-bond acceptors (Lipinski definition) is 4. The number of ether oxygens (including phenoxy) is 1. The zero-order valence-corrected chi connectivity index (χ0v) is 9.97. The first-order chi connectivity index (χ1) is 8.79. The molecule has 1 aromatic carbocycles. The van der Waals surface area contributed by atoms with Gasteiger partial charge in [-0.1, -0.05) is 0 Å². The van der Waals surface area contributed by atoms with Crippen molar-refractivity contribution in [2.75, 3.05) is 18.9 Å². The van der Waals surface area contributed by atoms with E-state index in [1.54, 1.807) is 6.07 Å². The van der Waals surface area contributed by atoms with Crippen LogP contribution in [0.1, 0.15) is 24.4 Å². The van der Waals surface area contributed by atoms with Gasteiger partial charge < -0.3 is 15.0 Å². The fraction of sp³-hybridized carbons (Fsp3) is 0.385. The lowest BCUT2D eigenvalue weighted by Crippen LogP contribution is -2.22. The molecule has 2 N–H and O–H groups in total. The van der Waals surface area contributed by atoms with Crippen LogP contribution < -0.4 is 5.73 Å². The van der Waals surface area contributed by atoms with Gasteiger partial charge in [-0.2, -0.15) is 5.26 Å². The first-order valence-electron chi connectivity index (χ1n) is 6.05. The van der Waals surface area contributed by atoms with E-state index < -0.39 is 0 Å². The van der Waals surface area contributed by atoms with Gasteiger partial charge in [-0.3, -0.25) is 0 Å². The van der Waals surface area contributed by atoms with Gasteiger partial charge in [0.1, 0.15) is 0 Å². The SMILES string of the molecule is N#Cc1ccc2nc(N)n(C3CCCOC3)c2c1. The third kappa shape index (κ3) is 1.71. The van der Waals surface area contributed by atoms with Crippen molar-refractivity contribution in [1.29, 1.82) is 5.26 Å². The second kappa shape index (κ2) is 4.31. The highest BCUT2D eigenvalue weighted by Crippen LogP contribution is 2.28. The Morgan fingerprint density at radius 3 is 3.11 bits per heavy atom. The Kier molecular flexibility index (Phi) is 2.65. The van der Waals surface area contributed by atoms with E-state index in [-0.39, 0.29) is 6.04 Å². The summed E-state index contributed by atoms with van der Waals surface area (Å²) in [4.78, 5) is 4.34. The predicted octanol–water partition coefficient (Wildman–Crippen LogP) is 1.84. The zero-order valence-electron chi connectivity index (χ0n) is 9.97. The third-order valence-electron chi connectivity index (χ3n) is 3.35. The smallest absolute Gasteiger partial charge is 0.201 e. The van der Waals surface area contributed by atoms with Gasteiger partial charge in [0.2, 0.25) is 5.95 Å². The lowest BCUT2D eigenvalue weighted by Gasteiger charge is -2.24. The molecule has 0 spiro atoms. The molecule has 1 aromatic heterocycles. The van der Waals surface area contributed by atoms with Crippen LogP contribution in [0.4, 0.5) is 5.95 Å². The highest BCUT2D eigenvalue weighted by Gasteiger charge is 2.20. The number of benzene rings is 1. The third-order valence-corrected chi connectivity index (χ3v) is 3.35. The summed E-state index contributed by atoms with van der Waals surface area (Å²) in [6.07, 6.45) is 2.06. The molecule has 1 aliphatic rings. The molecule has 1 aliphatic heterocycles. The van der Waals surface area contributed by atoms with Crippen LogP contribution in [0.3, 0.4) is 0 Å². The number of rotatable bonds is 1. The first kappa shape index (κ1) is 11.1. The van der Waals surface area contributed by atoms with E-state index in [0.29, 0.717) is 18.1 Å². The molecule has 0 bridgehead atoms. The summed E-state index contributed by atoms with van der Waals surface area (Å²) in [5.74, 6) is 0.496. The van der Waals surface area contributed by atoms with Crippen LogP contribution in [-0.2, 0) is 4.74 Å². The second-order valence-electron chi connectivity index (χ2n) is 4.53. The Morgan fingerprint density at radius 1 is 1.50 bits per heavy atom. The largest absolute Gasteiger partial charge is 0.379 e. The molecular formula is C13H14N4O. The van der Waals surface area contributed by atoms with Crippen molar-refractivity contribution in [2.24, 2.45) is 0 Å². The van der Waals surface area contributed by atoms with Crippen molar-refractivity contribution in [2.45, 2.75) is 18.9 Å². The maximum Gasteiger partial charge on any atom is 0.201 e. The minimum atomic E-state index is 0.220.